The number of likely N-dealkylation sites (tertiary alicyclic amines) is 1. The lowest BCUT2D eigenvalue weighted by Crippen LogP contribution is -2.52. The molecule has 0 amide bonds. The fourth-order valence-electron chi connectivity index (χ4n) is 2.22. The van der Waals surface area contributed by atoms with Crippen molar-refractivity contribution in [1.82, 2.24) is 9.47 Å². The number of Topliss-reactive ketones (excluding diaryl/α,β-unsaturated/α-hetero) is 1. The number of hydrogen-bond acceptors (Lipinski definition) is 4. The zero-order chi connectivity index (χ0) is 13.8. The fourth-order valence-corrected chi connectivity index (χ4v) is 2.22. The second-order valence-electron chi connectivity index (χ2n) is 4.81. The molecule has 0 bridgehead atoms. The Kier molecular flexibility index (Phi) is 4.50. The molecule has 2 heterocycles. The first-order chi connectivity index (χ1) is 9.15. The predicted octanol–water partition coefficient (Wildman–Crippen LogP) is 0.772. The van der Waals surface area contributed by atoms with Crippen molar-refractivity contribution in [2.45, 2.75) is 26.0 Å². The number of rotatable bonds is 6. The Morgan fingerprint density at radius 1 is 1.42 bits per heavy atom. The van der Waals surface area contributed by atoms with Crippen molar-refractivity contribution in [3.8, 4) is 0 Å². The maximum atomic E-state index is 12.1. The molecule has 1 aromatic heterocycles. The normalized spacial score (nSPS) is 16.3. The number of carbonyl (C=O) groups excluding carboxylic acids is 1. The molecular formula is C14H20N2O3. The van der Waals surface area contributed by atoms with E-state index < -0.39 is 0 Å². The zero-order valence-electron chi connectivity index (χ0n) is 11.5. The minimum atomic E-state index is -0.182. The van der Waals surface area contributed by atoms with Crippen molar-refractivity contribution in [2.75, 3.05) is 26.7 Å². The Balaban J connectivity index is 1.98. The molecule has 1 saturated heterocycles. The number of ketones is 1. The van der Waals surface area contributed by atoms with E-state index in [1.807, 2.05) is 0 Å². The van der Waals surface area contributed by atoms with E-state index >= 15 is 0 Å². The topological polar surface area (TPSA) is 51.5 Å². The molecular weight excluding hydrogens is 244 g/mol. The van der Waals surface area contributed by atoms with E-state index in [-0.39, 0.29) is 11.3 Å². The number of aromatic nitrogens is 1. The van der Waals surface area contributed by atoms with Crippen LogP contribution in [0.3, 0.4) is 0 Å². The van der Waals surface area contributed by atoms with Crippen LogP contribution in [0.25, 0.3) is 0 Å². The summed E-state index contributed by atoms with van der Waals surface area (Å²) in [6.45, 7) is 5.02. The molecule has 1 aromatic rings. The maximum absolute atomic E-state index is 12.1. The number of methoxy groups -OCH3 is 1. The molecule has 104 valence electrons. The Morgan fingerprint density at radius 2 is 2.16 bits per heavy atom. The summed E-state index contributed by atoms with van der Waals surface area (Å²) in [6, 6.07) is 3.37. The van der Waals surface area contributed by atoms with Crippen LogP contribution in [0.4, 0.5) is 0 Å². The fraction of sp³-hybridized carbons (Fsp3) is 0.571. The molecule has 1 fully saturated rings. The average molecular weight is 264 g/mol. The first kappa shape index (κ1) is 14.0. The average Bonchev–Trinajstić information content (AvgIpc) is 2.38. The highest BCUT2D eigenvalue weighted by molar-refractivity contribution is 5.95. The van der Waals surface area contributed by atoms with E-state index in [2.05, 4.69) is 4.90 Å². The van der Waals surface area contributed by atoms with Gasteiger partial charge in [0, 0.05) is 45.9 Å². The summed E-state index contributed by atoms with van der Waals surface area (Å²) in [4.78, 5) is 26.0. The summed E-state index contributed by atoms with van der Waals surface area (Å²) in [6.07, 6.45) is 2.42. The molecule has 0 atom stereocenters. The Hall–Kier alpha value is -1.46. The van der Waals surface area contributed by atoms with E-state index in [9.17, 15) is 9.59 Å². The van der Waals surface area contributed by atoms with E-state index in [0.29, 0.717) is 24.6 Å². The summed E-state index contributed by atoms with van der Waals surface area (Å²) in [7, 11) is 1.71. The number of hydrogen-bond donors (Lipinski definition) is 0. The monoisotopic (exact) mass is 264 g/mol. The first-order valence-corrected chi connectivity index (χ1v) is 6.63. The molecule has 0 aromatic carbocycles. The van der Waals surface area contributed by atoms with Gasteiger partial charge in [-0.2, -0.15) is 0 Å². The van der Waals surface area contributed by atoms with Crippen LogP contribution in [-0.2, 0) is 11.3 Å². The number of nitrogens with zero attached hydrogens (tertiary/aromatic N) is 2. The minimum Gasteiger partial charge on any atom is -0.379 e. The third kappa shape index (κ3) is 3.11. The summed E-state index contributed by atoms with van der Waals surface area (Å²) < 4.78 is 6.82. The molecule has 0 aliphatic carbocycles. The van der Waals surface area contributed by atoms with Gasteiger partial charge in [0.15, 0.2) is 5.78 Å². The van der Waals surface area contributed by atoms with Crippen molar-refractivity contribution in [1.29, 1.82) is 0 Å². The Labute approximate surface area is 112 Å². The van der Waals surface area contributed by atoms with Crippen molar-refractivity contribution >= 4 is 5.78 Å². The van der Waals surface area contributed by atoms with Gasteiger partial charge in [-0.3, -0.25) is 14.5 Å². The second-order valence-corrected chi connectivity index (χ2v) is 4.81. The van der Waals surface area contributed by atoms with Gasteiger partial charge in [-0.1, -0.05) is 6.92 Å². The van der Waals surface area contributed by atoms with Crippen molar-refractivity contribution in [2.24, 2.45) is 0 Å². The van der Waals surface area contributed by atoms with Crippen molar-refractivity contribution in [3.63, 3.8) is 0 Å². The smallest absolute Gasteiger partial charge is 0.261 e. The van der Waals surface area contributed by atoms with Crippen LogP contribution in [0.15, 0.2) is 23.1 Å². The van der Waals surface area contributed by atoms with Crippen LogP contribution < -0.4 is 5.56 Å². The molecule has 5 heteroatoms. The summed E-state index contributed by atoms with van der Waals surface area (Å²) >= 11 is 0. The summed E-state index contributed by atoms with van der Waals surface area (Å²) in [5.41, 5.74) is 0.113. The Bertz CT molecular complexity index is 504. The molecule has 19 heavy (non-hydrogen) atoms. The van der Waals surface area contributed by atoms with Gasteiger partial charge in [0.1, 0.15) is 0 Å². The second kappa shape index (κ2) is 6.12. The molecule has 0 spiro atoms. The van der Waals surface area contributed by atoms with Crippen LogP contribution in [0.2, 0.25) is 0 Å². The third-order valence-corrected chi connectivity index (χ3v) is 3.56. The van der Waals surface area contributed by atoms with Crippen LogP contribution in [0, 0.1) is 0 Å². The largest absolute Gasteiger partial charge is 0.379 e. The van der Waals surface area contributed by atoms with Gasteiger partial charge in [0.2, 0.25) is 0 Å². The molecule has 0 unspecified atom stereocenters. The quantitative estimate of drug-likeness (QED) is 0.712. The maximum Gasteiger partial charge on any atom is 0.261 e. The van der Waals surface area contributed by atoms with Crippen LogP contribution in [0.1, 0.15) is 23.7 Å². The van der Waals surface area contributed by atoms with Gasteiger partial charge < -0.3 is 9.30 Å². The lowest BCUT2D eigenvalue weighted by Gasteiger charge is -2.38. The summed E-state index contributed by atoms with van der Waals surface area (Å²) in [5, 5.41) is 0. The van der Waals surface area contributed by atoms with Crippen LogP contribution >= 0.6 is 0 Å². The highest BCUT2D eigenvalue weighted by Gasteiger charge is 2.25. The highest BCUT2D eigenvalue weighted by atomic mass is 16.5. The van der Waals surface area contributed by atoms with E-state index in [1.165, 1.54) is 0 Å². The van der Waals surface area contributed by atoms with E-state index in [0.717, 1.165) is 19.6 Å². The van der Waals surface area contributed by atoms with Gasteiger partial charge in [0.05, 0.1) is 11.7 Å². The third-order valence-electron chi connectivity index (χ3n) is 3.56. The summed E-state index contributed by atoms with van der Waals surface area (Å²) in [5.74, 6) is -0.0947. The Morgan fingerprint density at radius 3 is 2.79 bits per heavy atom. The van der Waals surface area contributed by atoms with Gasteiger partial charge in [-0.25, -0.2) is 0 Å². The number of pyridine rings is 1. The molecule has 1 aliphatic heterocycles. The molecule has 5 nitrogen and oxygen atoms in total. The predicted molar refractivity (Wildman–Crippen MR) is 72.6 cm³/mol. The standard InChI is InChI=1S/C14H20N2O3/c1-3-13(17)12-5-4-6-16(14(12)18)8-7-15-9-11(10-15)19-2/h4-6,11H,3,7-10H2,1-2H3. The van der Waals surface area contributed by atoms with Gasteiger partial charge in [-0.05, 0) is 12.1 Å². The van der Waals surface area contributed by atoms with E-state index in [4.69, 9.17) is 4.74 Å². The van der Waals surface area contributed by atoms with Crippen molar-refractivity contribution < 1.29 is 9.53 Å². The molecule has 2 rings (SSSR count). The first-order valence-electron chi connectivity index (χ1n) is 6.63. The van der Waals surface area contributed by atoms with Crippen LogP contribution in [0.5, 0.6) is 0 Å². The van der Waals surface area contributed by atoms with Gasteiger partial charge in [0.25, 0.3) is 5.56 Å². The van der Waals surface area contributed by atoms with Crippen molar-refractivity contribution in [3.05, 3.63) is 34.2 Å². The van der Waals surface area contributed by atoms with Gasteiger partial charge in [-0.15, -0.1) is 0 Å². The zero-order valence-corrected chi connectivity index (χ0v) is 11.5. The molecule has 0 N–H and O–H groups in total. The lowest BCUT2D eigenvalue weighted by molar-refractivity contribution is -0.0304. The molecule has 1 aliphatic rings. The number of carbonyl (C=O) groups is 1. The number of ether oxygens (including phenoxy) is 1. The lowest BCUT2D eigenvalue weighted by atomic mass is 10.1. The SMILES string of the molecule is CCC(=O)c1cccn(CCN2CC(OC)C2)c1=O. The van der Waals surface area contributed by atoms with Gasteiger partial charge >= 0.3 is 0 Å². The molecule has 0 saturated carbocycles. The molecule has 0 radical (unpaired) electrons. The highest BCUT2D eigenvalue weighted by Crippen LogP contribution is 2.09. The van der Waals surface area contributed by atoms with E-state index in [1.54, 1.807) is 36.9 Å². The van der Waals surface area contributed by atoms with Crippen LogP contribution in [-0.4, -0.2) is 48.1 Å². The minimum absolute atomic E-state index is 0.0947.